The number of hydrogen-bond acceptors (Lipinski definition) is 6. The summed E-state index contributed by atoms with van der Waals surface area (Å²) in [6.45, 7) is 3.68. The van der Waals surface area contributed by atoms with Crippen molar-refractivity contribution in [3.05, 3.63) is 77.0 Å². The maximum atomic E-state index is 13.1. The number of nitrogens with one attached hydrogen (secondary N) is 2. The number of allylic oxidation sites excluding steroid dienone is 1. The lowest BCUT2D eigenvalue weighted by atomic mass is 9.79. The van der Waals surface area contributed by atoms with Crippen LogP contribution in [0.5, 0.6) is 0 Å². The van der Waals surface area contributed by atoms with Gasteiger partial charge in [-0.2, -0.15) is 0 Å². The Morgan fingerprint density at radius 1 is 1.16 bits per heavy atom. The minimum absolute atomic E-state index is 0.0333. The van der Waals surface area contributed by atoms with Crippen molar-refractivity contribution in [2.24, 2.45) is 0 Å². The van der Waals surface area contributed by atoms with Gasteiger partial charge in [-0.05, 0) is 42.1 Å². The van der Waals surface area contributed by atoms with E-state index >= 15 is 0 Å². The van der Waals surface area contributed by atoms with Gasteiger partial charge in [0, 0.05) is 17.8 Å². The van der Waals surface area contributed by atoms with E-state index in [-0.39, 0.29) is 28.7 Å². The number of imide groups is 1. The van der Waals surface area contributed by atoms with Crippen LogP contribution in [0, 0.1) is 0 Å². The fraction of sp³-hybridized carbons (Fsp3) is 0.182. The molecule has 0 aliphatic carbocycles. The van der Waals surface area contributed by atoms with Crippen molar-refractivity contribution in [3.8, 4) is 0 Å². The minimum Gasteiger partial charge on any atom is -0.423 e. The maximum absolute atomic E-state index is 13.1. The molecule has 2 aliphatic rings. The number of piperidine rings is 1. The van der Waals surface area contributed by atoms with Gasteiger partial charge in [0.15, 0.2) is 0 Å². The normalized spacial score (nSPS) is 17.8. The first-order chi connectivity index (χ1) is 15.3. The van der Waals surface area contributed by atoms with E-state index in [2.05, 4.69) is 17.2 Å². The predicted molar refractivity (Wildman–Crippen MR) is 115 cm³/mol. The molecule has 4 amide bonds. The van der Waals surface area contributed by atoms with E-state index in [4.69, 9.17) is 0 Å². The lowest BCUT2D eigenvalue weighted by Gasteiger charge is -2.29. The van der Waals surface area contributed by atoms with Crippen molar-refractivity contribution in [2.75, 3.05) is 0 Å². The van der Waals surface area contributed by atoms with Crippen LogP contribution in [0.2, 0.25) is 0 Å². The Labute approximate surface area is 183 Å². The van der Waals surface area contributed by atoms with E-state index in [1.54, 1.807) is 12.1 Å². The van der Waals surface area contributed by atoms with Crippen LogP contribution in [-0.4, -0.2) is 51.7 Å². The van der Waals surface area contributed by atoms with Gasteiger partial charge >= 0.3 is 7.12 Å². The van der Waals surface area contributed by atoms with Crippen LogP contribution in [0.25, 0.3) is 0 Å². The molecule has 0 spiro atoms. The number of nitrogens with zero attached hydrogens (tertiary/aromatic N) is 1. The molecule has 2 aromatic rings. The molecule has 0 saturated carbocycles. The van der Waals surface area contributed by atoms with Crippen molar-refractivity contribution in [2.45, 2.75) is 25.4 Å². The largest absolute Gasteiger partial charge is 0.488 e. The molecule has 0 radical (unpaired) electrons. The highest BCUT2D eigenvalue weighted by atomic mass is 16.4. The van der Waals surface area contributed by atoms with Crippen LogP contribution in [0.4, 0.5) is 0 Å². The van der Waals surface area contributed by atoms with Gasteiger partial charge in [0.05, 0.1) is 11.1 Å². The van der Waals surface area contributed by atoms with Gasteiger partial charge < -0.3 is 20.7 Å². The number of amides is 4. The van der Waals surface area contributed by atoms with E-state index in [0.29, 0.717) is 24.1 Å². The van der Waals surface area contributed by atoms with Crippen molar-refractivity contribution < 1.29 is 29.2 Å². The number of carbonyl (C=O) groups excluding carboxylic acids is 4. The van der Waals surface area contributed by atoms with E-state index in [0.717, 1.165) is 4.90 Å². The Morgan fingerprint density at radius 2 is 1.91 bits per heavy atom. The quantitative estimate of drug-likeness (QED) is 0.377. The second-order valence-corrected chi connectivity index (χ2v) is 7.65. The minimum atomic E-state index is -1.70. The third-order valence-electron chi connectivity index (χ3n) is 5.55. The van der Waals surface area contributed by atoms with Crippen molar-refractivity contribution >= 4 is 36.2 Å². The summed E-state index contributed by atoms with van der Waals surface area (Å²) in [6.07, 6.45) is 0.767. The molecule has 1 atom stereocenters. The molecule has 10 heteroatoms. The van der Waals surface area contributed by atoms with Gasteiger partial charge in [-0.3, -0.25) is 24.1 Å². The summed E-state index contributed by atoms with van der Waals surface area (Å²) in [7, 11) is -1.70. The predicted octanol–water partition coefficient (Wildman–Crippen LogP) is -0.315. The highest BCUT2D eigenvalue weighted by molar-refractivity contribution is 6.58. The second-order valence-electron chi connectivity index (χ2n) is 7.65. The zero-order chi connectivity index (χ0) is 23.0. The Kier molecular flexibility index (Phi) is 5.64. The van der Waals surface area contributed by atoms with Gasteiger partial charge in [0.2, 0.25) is 5.91 Å². The first kappa shape index (κ1) is 21.5. The average Bonchev–Trinajstić information content (AvgIpc) is 3.03. The van der Waals surface area contributed by atoms with Gasteiger partial charge in [-0.25, -0.2) is 0 Å². The van der Waals surface area contributed by atoms with Gasteiger partial charge in [0.1, 0.15) is 6.04 Å². The monoisotopic (exact) mass is 433 g/mol. The molecule has 1 saturated heterocycles. The van der Waals surface area contributed by atoms with Gasteiger partial charge in [0.25, 0.3) is 17.7 Å². The Bertz CT molecular complexity index is 1160. The number of benzene rings is 2. The van der Waals surface area contributed by atoms with Crippen LogP contribution in [0.1, 0.15) is 49.5 Å². The average molecular weight is 433 g/mol. The molecule has 1 unspecified atom stereocenters. The van der Waals surface area contributed by atoms with Crippen LogP contribution >= 0.6 is 0 Å². The number of hydrogen-bond donors (Lipinski definition) is 4. The molecule has 2 heterocycles. The summed E-state index contributed by atoms with van der Waals surface area (Å²) in [5.74, 6) is -2.05. The summed E-state index contributed by atoms with van der Waals surface area (Å²) in [5, 5.41) is 23.8. The number of fused-ring (bicyclic) bond motifs is 1. The number of carbonyl (C=O) groups is 4. The fourth-order valence-electron chi connectivity index (χ4n) is 3.93. The molecule has 32 heavy (non-hydrogen) atoms. The first-order valence-electron chi connectivity index (χ1n) is 10.0. The zero-order valence-corrected chi connectivity index (χ0v) is 17.0. The first-order valence-corrected chi connectivity index (χ1v) is 10.0. The topological polar surface area (TPSA) is 136 Å². The van der Waals surface area contributed by atoms with Crippen molar-refractivity contribution in [3.63, 3.8) is 0 Å². The smallest absolute Gasteiger partial charge is 0.423 e. The van der Waals surface area contributed by atoms with Crippen molar-refractivity contribution in [1.29, 1.82) is 0 Å². The van der Waals surface area contributed by atoms with Crippen LogP contribution in [0.3, 0.4) is 0 Å². The molecule has 2 aliphatic heterocycles. The lowest BCUT2D eigenvalue weighted by Crippen LogP contribution is -2.51. The molecule has 0 bridgehead atoms. The summed E-state index contributed by atoms with van der Waals surface area (Å²) < 4.78 is 0. The zero-order valence-electron chi connectivity index (χ0n) is 17.0. The molecule has 2 aromatic carbocycles. The molecule has 1 fully saturated rings. The molecular weight excluding hydrogens is 413 g/mol. The van der Waals surface area contributed by atoms with Crippen molar-refractivity contribution in [1.82, 2.24) is 15.5 Å². The van der Waals surface area contributed by atoms with E-state index in [1.807, 2.05) is 0 Å². The summed E-state index contributed by atoms with van der Waals surface area (Å²) in [5.41, 5.74) is 1.72. The molecule has 162 valence electrons. The standard InChI is InChI=1S/C22H20BN3O6/c1-12-8-9-17(20(28)25-12)26-21(29)16-7-3-5-14(18(16)22(26)30)11-24-19(27)13-4-2-6-15(10-13)23(31)32/h2-7,10,17,31-32H,1,8-9,11H2,(H,24,27)(H,25,28). The van der Waals surface area contributed by atoms with E-state index < -0.39 is 36.8 Å². The third kappa shape index (κ3) is 3.81. The summed E-state index contributed by atoms with van der Waals surface area (Å²) in [6, 6.07) is 9.71. The van der Waals surface area contributed by atoms with Crippen LogP contribution in [-0.2, 0) is 11.3 Å². The highest BCUT2D eigenvalue weighted by Gasteiger charge is 2.44. The van der Waals surface area contributed by atoms with Gasteiger partial charge in [-0.1, -0.05) is 30.8 Å². The molecule has 9 nitrogen and oxygen atoms in total. The van der Waals surface area contributed by atoms with Crippen LogP contribution in [0.15, 0.2) is 54.7 Å². The van der Waals surface area contributed by atoms with Crippen LogP contribution < -0.4 is 16.1 Å². The molecule has 0 aromatic heterocycles. The Morgan fingerprint density at radius 3 is 2.62 bits per heavy atom. The third-order valence-corrected chi connectivity index (χ3v) is 5.55. The number of rotatable bonds is 5. The van der Waals surface area contributed by atoms with Gasteiger partial charge in [-0.15, -0.1) is 0 Å². The summed E-state index contributed by atoms with van der Waals surface area (Å²) in [4.78, 5) is 51.9. The maximum Gasteiger partial charge on any atom is 0.488 e. The Hall–Kier alpha value is -3.76. The molecule has 4 N–H and O–H groups in total. The second kappa shape index (κ2) is 8.41. The fourth-order valence-corrected chi connectivity index (χ4v) is 3.93. The SMILES string of the molecule is C=C1CCC(N2C(=O)c3cccc(CNC(=O)c4cccc(B(O)O)c4)c3C2=O)C(=O)N1. The summed E-state index contributed by atoms with van der Waals surface area (Å²) >= 11 is 0. The van der Waals surface area contributed by atoms with E-state index in [1.165, 1.54) is 30.3 Å². The lowest BCUT2D eigenvalue weighted by molar-refractivity contribution is -0.125. The molecular formula is C22H20BN3O6. The highest BCUT2D eigenvalue weighted by Crippen LogP contribution is 2.30. The van der Waals surface area contributed by atoms with E-state index in [9.17, 15) is 29.2 Å². The Balaban J connectivity index is 1.55. The molecule has 4 rings (SSSR count).